The van der Waals surface area contributed by atoms with Gasteiger partial charge < -0.3 is 4.74 Å². The number of aromatic nitrogens is 5. The average molecular weight is 361 g/mol. The lowest BCUT2D eigenvalue weighted by atomic mass is 9.86. The Morgan fingerprint density at radius 1 is 1.00 bits per heavy atom. The van der Waals surface area contributed by atoms with Gasteiger partial charge in [0.25, 0.3) is 0 Å². The molecule has 1 aliphatic heterocycles. The molecule has 1 N–H and O–H groups in total. The van der Waals surface area contributed by atoms with Gasteiger partial charge in [-0.2, -0.15) is 5.21 Å². The molecule has 0 amide bonds. The first-order valence-corrected chi connectivity index (χ1v) is 9.84. The van der Waals surface area contributed by atoms with E-state index in [9.17, 15) is 0 Å². The molecular weight excluding hydrogens is 338 g/mol. The number of nitrogens with one attached hydrogen (secondary N) is 1. The number of H-pyrrole nitrogens is 1. The number of hydrogen-bond acceptors (Lipinski definition) is 5. The van der Waals surface area contributed by atoms with Gasteiger partial charge in [-0.3, -0.25) is 4.98 Å². The molecule has 3 aromatic rings. The summed E-state index contributed by atoms with van der Waals surface area (Å²) in [6.45, 7) is 1.50. The number of hydrogen-bond donors (Lipinski definition) is 1. The van der Waals surface area contributed by atoms with Gasteiger partial charge in [0, 0.05) is 18.2 Å². The smallest absolute Gasteiger partial charge is 0.207 e. The number of pyridine rings is 1. The van der Waals surface area contributed by atoms with Gasteiger partial charge in [0.05, 0.1) is 17.9 Å². The van der Waals surface area contributed by atoms with Crippen molar-refractivity contribution in [1.82, 2.24) is 25.6 Å². The Balaban J connectivity index is 1.83. The van der Waals surface area contributed by atoms with Crippen molar-refractivity contribution in [1.29, 1.82) is 0 Å². The van der Waals surface area contributed by atoms with Crippen LogP contribution in [0.1, 0.15) is 48.6 Å². The topological polar surface area (TPSA) is 76.6 Å². The molecule has 1 aromatic carbocycles. The van der Waals surface area contributed by atoms with E-state index in [0.29, 0.717) is 12.4 Å². The lowest BCUT2D eigenvalue weighted by Crippen LogP contribution is -2.11. The van der Waals surface area contributed by atoms with E-state index >= 15 is 0 Å². The molecule has 1 fully saturated rings. The molecule has 1 saturated heterocycles. The summed E-state index contributed by atoms with van der Waals surface area (Å²) in [5.74, 6) is 0.921. The molecule has 2 aliphatic rings. The third-order valence-corrected chi connectivity index (χ3v) is 5.70. The predicted octanol–water partition coefficient (Wildman–Crippen LogP) is 3.70. The second-order valence-corrected chi connectivity index (χ2v) is 7.39. The summed E-state index contributed by atoms with van der Waals surface area (Å²) >= 11 is 0. The van der Waals surface area contributed by atoms with Crippen LogP contribution in [0.4, 0.5) is 0 Å². The summed E-state index contributed by atoms with van der Waals surface area (Å²) in [6, 6.07) is 10.6. The first kappa shape index (κ1) is 16.6. The maximum absolute atomic E-state index is 5.69. The minimum Gasteiger partial charge on any atom is -0.381 e. The maximum atomic E-state index is 5.69. The Bertz CT molecular complexity index is 917. The largest absolute Gasteiger partial charge is 0.381 e. The van der Waals surface area contributed by atoms with E-state index in [1.807, 2.05) is 0 Å². The zero-order chi connectivity index (χ0) is 18.1. The van der Waals surface area contributed by atoms with Gasteiger partial charge in [0.15, 0.2) is 0 Å². The number of fused-ring (bicyclic) bond motifs is 1. The van der Waals surface area contributed by atoms with E-state index in [4.69, 9.17) is 9.72 Å². The second-order valence-electron chi connectivity index (χ2n) is 7.39. The van der Waals surface area contributed by atoms with Gasteiger partial charge in [0.1, 0.15) is 0 Å². The van der Waals surface area contributed by atoms with E-state index in [2.05, 4.69) is 51.0 Å². The van der Waals surface area contributed by atoms with Crippen LogP contribution in [0.5, 0.6) is 0 Å². The maximum Gasteiger partial charge on any atom is 0.207 e. The van der Waals surface area contributed by atoms with Crippen LogP contribution in [0.25, 0.3) is 22.5 Å². The highest BCUT2D eigenvalue weighted by Crippen LogP contribution is 2.42. The summed E-state index contributed by atoms with van der Waals surface area (Å²) < 4.78 is 5.69. The standard InChI is InChI=1S/C21H23N5O/c1-3-7-14(8-4-1)18-16-9-5-2-6-10-17(16)22-20(15-11-12-27-13-15)19(18)21-23-25-26-24-21/h1,3-4,7-8,15H,2,5-6,9-13H2,(H,23,24,25,26). The number of aromatic amines is 1. The van der Waals surface area contributed by atoms with E-state index in [0.717, 1.165) is 37.1 Å². The average Bonchev–Trinajstić information content (AvgIpc) is 3.38. The molecule has 138 valence electrons. The molecule has 1 aliphatic carbocycles. The molecule has 5 rings (SSSR count). The number of tetrazole rings is 1. The van der Waals surface area contributed by atoms with Crippen molar-refractivity contribution in [3.8, 4) is 22.5 Å². The van der Waals surface area contributed by atoms with E-state index in [1.54, 1.807) is 0 Å². The Kier molecular flexibility index (Phi) is 4.41. The van der Waals surface area contributed by atoms with Crippen molar-refractivity contribution < 1.29 is 4.74 Å². The Morgan fingerprint density at radius 3 is 2.67 bits per heavy atom. The summed E-state index contributed by atoms with van der Waals surface area (Å²) in [6.07, 6.45) is 6.75. The molecule has 0 spiro atoms. The molecule has 6 nitrogen and oxygen atoms in total. The van der Waals surface area contributed by atoms with Gasteiger partial charge in [-0.15, -0.1) is 10.2 Å². The number of benzene rings is 1. The van der Waals surface area contributed by atoms with Gasteiger partial charge in [-0.1, -0.05) is 36.8 Å². The lowest BCUT2D eigenvalue weighted by Gasteiger charge is -2.21. The van der Waals surface area contributed by atoms with Crippen LogP contribution in [0.15, 0.2) is 30.3 Å². The molecule has 0 bridgehead atoms. The van der Waals surface area contributed by atoms with Crippen LogP contribution in [0.2, 0.25) is 0 Å². The Labute approximate surface area is 158 Å². The van der Waals surface area contributed by atoms with Gasteiger partial charge in [-0.05, 0) is 54.0 Å². The van der Waals surface area contributed by atoms with E-state index in [1.165, 1.54) is 41.6 Å². The van der Waals surface area contributed by atoms with Crippen LogP contribution < -0.4 is 0 Å². The highest BCUT2D eigenvalue weighted by atomic mass is 16.5. The fraction of sp³-hybridized carbons (Fsp3) is 0.429. The van der Waals surface area contributed by atoms with Crippen LogP contribution in [-0.2, 0) is 17.6 Å². The number of aryl methyl sites for hydroxylation is 1. The number of nitrogens with zero attached hydrogens (tertiary/aromatic N) is 4. The minimum absolute atomic E-state index is 0.287. The van der Waals surface area contributed by atoms with Crippen molar-refractivity contribution >= 4 is 0 Å². The first-order chi connectivity index (χ1) is 13.4. The fourth-order valence-corrected chi connectivity index (χ4v) is 4.40. The molecule has 0 radical (unpaired) electrons. The zero-order valence-corrected chi connectivity index (χ0v) is 15.3. The van der Waals surface area contributed by atoms with Gasteiger partial charge >= 0.3 is 0 Å². The third-order valence-electron chi connectivity index (χ3n) is 5.70. The third kappa shape index (κ3) is 3.04. The highest BCUT2D eigenvalue weighted by Gasteiger charge is 2.30. The van der Waals surface area contributed by atoms with Crippen molar-refractivity contribution in [3.63, 3.8) is 0 Å². The molecule has 1 atom stereocenters. The fourth-order valence-electron chi connectivity index (χ4n) is 4.40. The molecule has 2 aromatic heterocycles. The first-order valence-electron chi connectivity index (χ1n) is 9.84. The SMILES string of the molecule is c1ccc(-c2c3c(nc(C4CCOC4)c2-c2nn[nH]n2)CCCCC3)cc1. The zero-order valence-electron chi connectivity index (χ0n) is 15.3. The highest BCUT2D eigenvalue weighted by molar-refractivity contribution is 5.85. The van der Waals surface area contributed by atoms with Crippen LogP contribution in [0.3, 0.4) is 0 Å². The molecule has 27 heavy (non-hydrogen) atoms. The van der Waals surface area contributed by atoms with Crippen LogP contribution >= 0.6 is 0 Å². The van der Waals surface area contributed by atoms with E-state index < -0.39 is 0 Å². The monoisotopic (exact) mass is 361 g/mol. The number of ether oxygens (including phenoxy) is 1. The van der Waals surface area contributed by atoms with Crippen molar-refractivity contribution in [3.05, 3.63) is 47.3 Å². The normalized spacial score (nSPS) is 19.6. The number of rotatable bonds is 3. The summed E-state index contributed by atoms with van der Waals surface area (Å²) in [5, 5.41) is 15.2. The lowest BCUT2D eigenvalue weighted by molar-refractivity contribution is 0.193. The Morgan fingerprint density at radius 2 is 1.89 bits per heavy atom. The Hall–Kier alpha value is -2.60. The summed E-state index contributed by atoms with van der Waals surface area (Å²) in [5.41, 5.74) is 7.17. The molecular formula is C21H23N5O. The molecule has 3 heterocycles. The van der Waals surface area contributed by atoms with Gasteiger partial charge in [0.2, 0.25) is 5.82 Å². The molecule has 0 saturated carbocycles. The van der Waals surface area contributed by atoms with Crippen molar-refractivity contribution in [2.45, 2.75) is 44.4 Å². The minimum atomic E-state index is 0.287. The van der Waals surface area contributed by atoms with Crippen LogP contribution in [0, 0.1) is 0 Å². The quantitative estimate of drug-likeness (QED) is 0.720. The molecule has 6 heteroatoms. The van der Waals surface area contributed by atoms with Gasteiger partial charge in [-0.25, -0.2) is 0 Å². The van der Waals surface area contributed by atoms with Crippen molar-refractivity contribution in [2.75, 3.05) is 13.2 Å². The van der Waals surface area contributed by atoms with Crippen molar-refractivity contribution in [2.24, 2.45) is 0 Å². The van der Waals surface area contributed by atoms with E-state index in [-0.39, 0.29) is 5.92 Å². The summed E-state index contributed by atoms with van der Waals surface area (Å²) in [7, 11) is 0. The predicted molar refractivity (Wildman–Crippen MR) is 102 cm³/mol. The van der Waals surface area contributed by atoms with Crippen LogP contribution in [-0.4, -0.2) is 38.8 Å². The second kappa shape index (κ2) is 7.19. The molecule has 1 unspecified atom stereocenters. The summed E-state index contributed by atoms with van der Waals surface area (Å²) in [4.78, 5) is 5.20.